The average molecular weight is 322 g/mol. The van der Waals surface area contributed by atoms with Crippen molar-refractivity contribution in [2.75, 3.05) is 17.6 Å². The molecule has 7 nitrogen and oxygen atoms in total. The Hall–Kier alpha value is -1.32. The highest BCUT2D eigenvalue weighted by Crippen LogP contribution is 2.26. The van der Waals surface area contributed by atoms with Gasteiger partial charge in [0.15, 0.2) is 0 Å². The van der Waals surface area contributed by atoms with E-state index in [-0.39, 0.29) is 28.0 Å². The molecule has 0 heterocycles. The molecule has 0 aliphatic rings. The van der Waals surface area contributed by atoms with Crippen LogP contribution in [0.1, 0.15) is 13.8 Å². The highest BCUT2D eigenvalue weighted by atomic mass is 32.2. The first-order chi connectivity index (χ1) is 9.05. The minimum atomic E-state index is -3.93. The largest absolute Gasteiger partial charge is 0.495 e. The van der Waals surface area contributed by atoms with Gasteiger partial charge in [0, 0.05) is 6.07 Å². The van der Waals surface area contributed by atoms with E-state index in [4.69, 9.17) is 9.88 Å². The highest BCUT2D eigenvalue weighted by Gasteiger charge is 2.18. The van der Waals surface area contributed by atoms with Crippen molar-refractivity contribution in [2.24, 2.45) is 11.1 Å². The summed E-state index contributed by atoms with van der Waals surface area (Å²) in [4.78, 5) is -0.202. The molecule has 0 fully saturated rings. The molecule has 9 heteroatoms. The van der Waals surface area contributed by atoms with E-state index in [0.29, 0.717) is 0 Å². The van der Waals surface area contributed by atoms with Gasteiger partial charge in [-0.3, -0.25) is 4.72 Å². The van der Waals surface area contributed by atoms with Gasteiger partial charge in [-0.05, 0) is 18.1 Å². The quantitative estimate of drug-likeness (QED) is 0.801. The van der Waals surface area contributed by atoms with Crippen LogP contribution in [0.15, 0.2) is 23.1 Å². The predicted octanol–water partition coefficient (Wildman–Crippen LogP) is 0.740. The molecule has 0 bridgehead atoms. The maximum atomic E-state index is 11.8. The lowest BCUT2D eigenvalue weighted by molar-refractivity contribution is 0.403. The lowest BCUT2D eigenvalue weighted by Gasteiger charge is -2.12. The fourth-order valence-electron chi connectivity index (χ4n) is 1.63. The Morgan fingerprint density at radius 3 is 2.30 bits per heavy atom. The molecule has 0 aliphatic carbocycles. The van der Waals surface area contributed by atoms with Crippen molar-refractivity contribution in [3.05, 3.63) is 18.2 Å². The monoisotopic (exact) mass is 322 g/mol. The van der Waals surface area contributed by atoms with Gasteiger partial charge in [-0.1, -0.05) is 13.8 Å². The topological polar surface area (TPSA) is 116 Å². The summed E-state index contributed by atoms with van der Waals surface area (Å²) in [5, 5.41) is 5.03. The van der Waals surface area contributed by atoms with Crippen LogP contribution in [0.2, 0.25) is 0 Å². The number of sulfonamides is 2. The van der Waals surface area contributed by atoms with Crippen LogP contribution in [0.5, 0.6) is 5.75 Å². The van der Waals surface area contributed by atoms with Crippen LogP contribution in [0, 0.1) is 5.92 Å². The van der Waals surface area contributed by atoms with E-state index in [1.54, 1.807) is 13.8 Å². The Morgan fingerprint density at radius 1 is 1.25 bits per heavy atom. The first kappa shape index (κ1) is 16.7. The van der Waals surface area contributed by atoms with Gasteiger partial charge in [-0.15, -0.1) is 0 Å². The van der Waals surface area contributed by atoms with Crippen LogP contribution in [0.4, 0.5) is 5.69 Å². The number of nitrogens with two attached hydrogens (primary N) is 1. The summed E-state index contributed by atoms with van der Waals surface area (Å²) in [5.74, 6) is -0.0814. The second kappa shape index (κ2) is 5.98. The Labute approximate surface area is 119 Å². The molecule has 0 amide bonds. The van der Waals surface area contributed by atoms with Gasteiger partial charge in [0.25, 0.3) is 0 Å². The van der Waals surface area contributed by atoms with Gasteiger partial charge < -0.3 is 4.74 Å². The summed E-state index contributed by atoms with van der Waals surface area (Å²) in [5.41, 5.74) is 0.218. The van der Waals surface area contributed by atoms with Crippen LogP contribution in [0.3, 0.4) is 0 Å². The summed E-state index contributed by atoms with van der Waals surface area (Å²) in [6.45, 7) is 3.56. The molecular weight excluding hydrogens is 304 g/mol. The van der Waals surface area contributed by atoms with Crippen molar-refractivity contribution in [3.63, 3.8) is 0 Å². The molecule has 0 aliphatic heterocycles. The number of ether oxygens (including phenoxy) is 1. The van der Waals surface area contributed by atoms with Crippen LogP contribution in [-0.4, -0.2) is 29.7 Å². The first-order valence-electron chi connectivity index (χ1n) is 5.76. The minimum absolute atomic E-state index is 0.0164. The molecular formula is C11H18N2O5S2. The minimum Gasteiger partial charge on any atom is -0.495 e. The van der Waals surface area contributed by atoms with Crippen molar-refractivity contribution in [3.8, 4) is 5.75 Å². The van der Waals surface area contributed by atoms with E-state index in [2.05, 4.69) is 4.72 Å². The number of benzene rings is 1. The van der Waals surface area contributed by atoms with Gasteiger partial charge in [-0.2, -0.15) is 0 Å². The zero-order valence-corrected chi connectivity index (χ0v) is 13.1. The third-order valence-electron chi connectivity index (χ3n) is 2.30. The number of nitrogens with one attached hydrogen (secondary N) is 1. The van der Waals surface area contributed by atoms with Gasteiger partial charge in [0.1, 0.15) is 10.6 Å². The molecule has 3 N–H and O–H groups in total. The maximum Gasteiger partial charge on any atom is 0.241 e. The molecule has 0 unspecified atom stereocenters. The molecule has 0 saturated carbocycles. The van der Waals surface area contributed by atoms with Crippen LogP contribution < -0.4 is 14.6 Å². The Balaban J connectivity index is 3.12. The fraction of sp³-hybridized carbons (Fsp3) is 0.455. The number of primary sulfonamides is 1. The average Bonchev–Trinajstić information content (AvgIpc) is 2.24. The Bertz CT molecular complexity index is 681. The van der Waals surface area contributed by atoms with Gasteiger partial charge >= 0.3 is 0 Å². The third kappa shape index (κ3) is 4.66. The number of methoxy groups -OCH3 is 1. The van der Waals surface area contributed by atoms with E-state index in [1.807, 2.05) is 0 Å². The normalized spacial score (nSPS) is 12.4. The van der Waals surface area contributed by atoms with E-state index < -0.39 is 20.0 Å². The number of rotatable bonds is 6. The summed E-state index contributed by atoms with van der Waals surface area (Å²) in [6.07, 6.45) is 0. The van der Waals surface area contributed by atoms with Crippen molar-refractivity contribution in [1.29, 1.82) is 0 Å². The number of hydrogen-bond donors (Lipinski definition) is 2. The first-order valence-corrected chi connectivity index (χ1v) is 8.96. The SMILES string of the molecule is COc1cc(NS(=O)(=O)CC(C)C)ccc1S(N)(=O)=O. The lowest BCUT2D eigenvalue weighted by Crippen LogP contribution is -2.20. The van der Waals surface area contributed by atoms with Crippen molar-refractivity contribution >= 4 is 25.7 Å². The summed E-state index contributed by atoms with van der Waals surface area (Å²) < 4.78 is 53.5. The molecule has 0 aromatic heterocycles. The summed E-state index contributed by atoms with van der Waals surface area (Å²) >= 11 is 0. The molecule has 114 valence electrons. The molecule has 0 radical (unpaired) electrons. The standard InChI is InChI=1S/C11H18N2O5S2/c1-8(2)7-19(14,15)13-9-4-5-11(20(12,16)17)10(6-9)18-3/h4-6,8,13H,7H2,1-3H3,(H2,12,16,17). The lowest BCUT2D eigenvalue weighted by atomic mass is 10.3. The zero-order chi connectivity index (χ0) is 15.6. The molecule has 0 atom stereocenters. The molecule has 20 heavy (non-hydrogen) atoms. The highest BCUT2D eigenvalue weighted by molar-refractivity contribution is 7.92. The van der Waals surface area contributed by atoms with Crippen molar-refractivity contribution < 1.29 is 21.6 Å². The van der Waals surface area contributed by atoms with Gasteiger partial charge in [0.05, 0.1) is 18.6 Å². The van der Waals surface area contributed by atoms with Crippen LogP contribution in [-0.2, 0) is 20.0 Å². The molecule has 0 spiro atoms. The van der Waals surface area contributed by atoms with Crippen molar-refractivity contribution in [1.82, 2.24) is 0 Å². The molecule has 1 aromatic rings. The zero-order valence-electron chi connectivity index (χ0n) is 11.5. The predicted molar refractivity (Wildman–Crippen MR) is 76.6 cm³/mol. The second-order valence-corrected chi connectivity index (χ2v) is 7.98. The summed E-state index contributed by atoms with van der Waals surface area (Å²) in [6, 6.07) is 3.79. The van der Waals surface area contributed by atoms with Crippen molar-refractivity contribution in [2.45, 2.75) is 18.7 Å². The Kier molecular flexibility index (Phi) is 5.00. The van der Waals surface area contributed by atoms with E-state index in [1.165, 1.54) is 25.3 Å². The Morgan fingerprint density at radius 2 is 1.85 bits per heavy atom. The number of hydrogen-bond acceptors (Lipinski definition) is 5. The van der Waals surface area contributed by atoms with Gasteiger partial charge in [-0.25, -0.2) is 22.0 Å². The van der Waals surface area contributed by atoms with E-state index in [9.17, 15) is 16.8 Å². The number of anilines is 1. The van der Waals surface area contributed by atoms with E-state index >= 15 is 0 Å². The summed E-state index contributed by atoms with van der Waals surface area (Å²) in [7, 11) is -6.15. The third-order valence-corrected chi connectivity index (χ3v) is 4.90. The van der Waals surface area contributed by atoms with Crippen LogP contribution in [0.25, 0.3) is 0 Å². The second-order valence-electron chi connectivity index (χ2n) is 4.69. The fourth-order valence-corrected chi connectivity index (χ4v) is 3.75. The van der Waals surface area contributed by atoms with Gasteiger partial charge in [0.2, 0.25) is 20.0 Å². The molecule has 1 rings (SSSR count). The molecule has 1 aromatic carbocycles. The van der Waals surface area contributed by atoms with Crippen LogP contribution >= 0.6 is 0 Å². The van der Waals surface area contributed by atoms with E-state index in [0.717, 1.165) is 0 Å². The smallest absolute Gasteiger partial charge is 0.241 e. The maximum absolute atomic E-state index is 11.8. The molecule has 0 saturated heterocycles.